The van der Waals surface area contributed by atoms with E-state index in [1.165, 1.54) is 0 Å². The van der Waals surface area contributed by atoms with Crippen LogP contribution in [-0.2, 0) is 16.1 Å². The van der Waals surface area contributed by atoms with Crippen LogP contribution in [0.15, 0.2) is 0 Å². The molecule has 0 rings (SSSR count). The second-order valence-corrected chi connectivity index (χ2v) is 1.37. The van der Waals surface area contributed by atoms with Gasteiger partial charge in [0.1, 0.15) is 11.9 Å². The molecule has 0 aliphatic rings. The fourth-order valence-electron chi connectivity index (χ4n) is 0.0995. The Morgan fingerprint density at radius 2 is 1.89 bits per heavy atom. The molecule has 0 saturated heterocycles. The van der Waals surface area contributed by atoms with Gasteiger partial charge >= 0.3 is 35.7 Å². The zero-order valence-electron chi connectivity index (χ0n) is 3.60. The van der Waals surface area contributed by atoms with Crippen LogP contribution < -0.4 is 0 Å². The van der Waals surface area contributed by atoms with Crippen molar-refractivity contribution < 1.29 is 21.6 Å². The third-order valence-electron chi connectivity index (χ3n) is 0.281. The van der Waals surface area contributed by atoms with Crippen LogP contribution in [0.3, 0.4) is 0 Å². The Labute approximate surface area is 75.7 Å². The van der Waals surface area contributed by atoms with Gasteiger partial charge in [0.05, 0.1) is 0 Å². The number of alkyl halides is 3. The normalized spacial score (nSPS) is 10.6. The Morgan fingerprint density at radius 1 is 1.44 bits per heavy atom. The van der Waals surface area contributed by atoms with Crippen molar-refractivity contribution in [3.63, 3.8) is 0 Å². The topological polar surface area (TPSA) is 26.3 Å². The minimum absolute atomic E-state index is 0. The maximum atomic E-state index is 11.0. The van der Waals surface area contributed by atoms with E-state index in [9.17, 15) is 17.4 Å². The van der Waals surface area contributed by atoms with Crippen LogP contribution in [0, 0.1) is 0 Å². The monoisotopic (exact) mass is 172 g/mol. The van der Waals surface area contributed by atoms with Gasteiger partial charge in [-0.25, -0.2) is 4.21 Å². The van der Waals surface area contributed by atoms with Crippen molar-refractivity contribution in [2.24, 2.45) is 0 Å². The van der Waals surface area contributed by atoms with E-state index in [4.69, 9.17) is 0 Å². The maximum absolute atomic E-state index is 11.0. The molecule has 2 nitrogen and oxygen atoms in total. The van der Waals surface area contributed by atoms with Gasteiger partial charge in [-0.1, -0.05) is 0 Å². The molecule has 0 aromatic heterocycles. The zero-order valence-corrected chi connectivity index (χ0v) is 4.50. The van der Waals surface area contributed by atoms with Crippen molar-refractivity contribution >= 4 is 41.5 Å². The number of thiol groups is 1. The summed E-state index contributed by atoms with van der Waals surface area (Å²) in [4.78, 5) is 0. The molecule has 7 heteroatoms. The summed E-state index contributed by atoms with van der Waals surface area (Å²) in [6, 6.07) is 0. The first-order valence-electron chi connectivity index (χ1n) is 1.57. The van der Waals surface area contributed by atoms with E-state index in [0.29, 0.717) is 0 Å². The third kappa shape index (κ3) is 12.2. The molecular weight excluding hydrogens is 168 g/mol. The van der Waals surface area contributed by atoms with Gasteiger partial charge < -0.3 is 0 Å². The van der Waals surface area contributed by atoms with Crippen LogP contribution in [0.4, 0.5) is 13.2 Å². The van der Waals surface area contributed by atoms with Gasteiger partial charge in [-0.05, 0) is 0 Å². The number of hydrogen-bond acceptors (Lipinski definition) is 2. The standard InChI is InChI=1S/C2H3F3O2S.Na.H/c3-2(4,5)1-7-8-6;;/h8H,1H2;;. The predicted molar refractivity (Wildman–Crippen MR) is 28.7 cm³/mol. The van der Waals surface area contributed by atoms with E-state index in [1.807, 2.05) is 0 Å². The Balaban J connectivity index is 0. The van der Waals surface area contributed by atoms with E-state index in [0.717, 1.165) is 0 Å². The zero-order chi connectivity index (χ0) is 6.62. The van der Waals surface area contributed by atoms with Crippen molar-refractivity contribution in [2.45, 2.75) is 6.18 Å². The average Bonchev–Trinajstić information content (AvgIpc) is 1.59. The van der Waals surface area contributed by atoms with Crippen molar-refractivity contribution in [3.05, 3.63) is 0 Å². The van der Waals surface area contributed by atoms with Crippen molar-refractivity contribution in [1.29, 1.82) is 0 Å². The summed E-state index contributed by atoms with van der Waals surface area (Å²) in [6.45, 7) is -1.46. The molecule has 0 radical (unpaired) electrons. The Kier molecular flexibility index (Phi) is 7.91. The third-order valence-corrected chi connectivity index (χ3v) is 0.515. The first kappa shape index (κ1) is 12.6. The van der Waals surface area contributed by atoms with Crippen LogP contribution in [-0.4, -0.2) is 46.5 Å². The fourth-order valence-corrected chi connectivity index (χ4v) is 0.299. The van der Waals surface area contributed by atoms with Gasteiger partial charge in [-0.2, -0.15) is 13.2 Å². The number of halogens is 3. The Bertz CT molecular complexity index is 84.4. The Morgan fingerprint density at radius 3 is 2.00 bits per heavy atom. The summed E-state index contributed by atoms with van der Waals surface area (Å²) < 4.78 is 45.6. The van der Waals surface area contributed by atoms with Crippen LogP contribution in [0.25, 0.3) is 0 Å². The Hall–Kier alpha value is 0.900. The summed E-state index contributed by atoms with van der Waals surface area (Å²) in [5.74, 6) is 0. The molecule has 0 aromatic carbocycles. The molecule has 0 spiro atoms. The summed E-state index contributed by atoms with van der Waals surface area (Å²) in [6.07, 6.45) is -4.38. The summed E-state index contributed by atoms with van der Waals surface area (Å²) in [5, 5.41) is 0. The SMILES string of the molecule is O=[SH]OCC(F)(F)F.[NaH]. The van der Waals surface area contributed by atoms with E-state index in [2.05, 4.69) is 4.18 Å². The second kappa shape index (κ2) is 5.67. The molecule has 0 N–H and O–H groups in total. The van der Waals surface area contributed by atoms with Gasteiger partial charge in [0.2, 0.25) is 0 Å². The van der Waals surface area contributed by atoms with Crippen LogP contribution >= 0.6 is 0 Å². The molecular formula is C2H4F3NaO2S. The van der Waals surface area contributed by atoms with Crippen molar-refractivity contribution in [2.75, 3.05) is 6.61 Å². The summed E-state index contributed by atoms with van der Waals surface area (Å²) >= 11 is -0.940. The summed E-state index contributed by atoms with van der Waals surface area (Å²) in [7, 11) is 0. The van der Waals surface area contributed by atoms with Gasteiger partial charge in [-0.3, -0.25) is 4.18 Å². The molecule has 0 aromatic rings. The molecule has 52 valence electrons. The molecule has 9 heavy (non-hydrogen) atoms. The van der Waals surface area contributed by atoms with Gasteiger partial charge in [0.25, 0.3) is 0 Å². The van der Waals surface area contributed by atoms with E-state index < -0.39 is 24.7 Å². The minimum atomic E-state index is -4.38. The first-order valence-corrected chi connectivity index (χ1v) is 2.30. The van der Waals surface area contributed by atoms with Crippen LogP contribution in [0.5, 0.6) is 0 Å². The molecule has 0 aliphatic heterocycles. The molecule has 0 bridgehead atoms. The quantitative estimate of drug-likeness (QED) is 0.460. The van der Waals surface area contributed by atoms with Crippen molar-refractivity contribution in [1.82, 2.24) is 0 Å². The average molecular weight is 172 g/mol. The molecule has 0 fully saturated rings. The molecule has 0 saturated carbocycles. The molecule has 0 unspecified atom stereocenters. The van der Waals surface area contributed by atoms with Gasteiger partial charge in [0.15, 0.2) is 6.61 Å². The van der Waals surface area contributed by atoms with Gasteiger partial charge in [0, 0.05) is 0 Å². The van der Waals surface area contributed by atoms with E-state index in [-0.39, 0.29) is 29.6 Å². The second-order valence-electron chi connectivity index (χ2n) is 0.963. The summed E-state index contributed by atoms with van der Waals surface area (Å²) in [5.41, 5.74) is 0. The van der Waals surface area contributed by atoms with Gasteiger partial charge in [-0.15, -0.1) is 0 Å². The fraction of sp³-hybridized carbons (Fsp3) is 1.00. The predicted octanol–water partition coefficient (Wildman–Crippen LogP) is -0.223. The number of hydrogen-bond donors (Lipinski definition) is 1. The molecule has 0 atom stereocenters. The van der Waals surface area contributed by atoms with E-state index >= 15 is 0 Å². The number of rotatable bonds is 2. The molecule has 0 amide bonds. The van der Waals surface area contributed by atoms with E-state index in [1.54, 1.807) is 0 Å². The van der Waals surface area contributed by atoms with Crippen LogP contribution in [0.2, 0.25) is 0 Å². The van der Waals surface area contributed by atoms with Crippen molar-refractivity contribution in [3.8, 4) is 0 Å². The molecule has 0 heterocycles. The first-order chi connectivity index (χ1) is 3.56. The van der Waals surface area contributed by atoms with Crippen LogP contribution in [0.1, 0.15) is 0 Å². The molecule has 0 aliphatic carbocycles.